The normalized spacial score (nSPS) is 44.1. The quantitative estimate of drug-likeness (QED) is 0.694. The van der Waals surface area contributed by atoms with Crippen molar-refractivity contribution in [2.24, 2.45) is 5.92 Å². The molecule has 1 saturated heterocycles. The maximum Gasteiger partial charge on any atom is 0.0948 e. The molecule has 0 spiro atoms. The average molecular weight is 199 g/mol. The number of hydrogen-bond acceptors (Lipinski definition) is 3. The van der Waals surface area contributed by atoms with E-state index in [1.165, 1.54) is 25.7 Å². The number of ether oxygens (including phenoxy) is 1. The van der Waals surface area contributed by atoms with Gasteiger partial charge in [-0.2, -0.15) is 0 Å². The van der Waals surface area contributed by atoms with E-state index in [0.29, 0.717) is 19.3 Å². The summed E-state index contributed by atoms with van der Waals surface area (Å²) in [7, 11) is 0. The van der Waals surface area contributed by atoms with E-state index in [9.17, 15) is 5.11 Å². The van der Waals surface area contributed by atoms with Gasteiger partial charge in [-0.3, -0.25) is 0 Å². The summed E-state index contributed by atoms with van der Waals surface area (Å²) < 4.78 is 5.23. The van der Waals surface area contributed by atoms with Crippen LogP contribution in [0.2, 0.25) is 0 Å². The highest BCUT2D eigenvalue weighted by molar-refractivity contribution is 4.87. The highest BCUT2D eigenvalue weighted by Crippen LogP contribution is 2.24. The lowest BCUT2D eigenvalue weighted by Crippen LogP contribution is -2.48. The average Bonchev–Trinajstić information content (AvgIpc) is 2.56. The molecule has 0 aromatic heterocycles. The van der Waals surface area contributed by atoms with E-state index < -0.39 is 0 Å². The lowest BCUT2D eigenvalue weighted by Gasteiger charge is -2.32. The van der Waals surface area contributed by atoms with Crippen molar-refractivity contribution >= 4 is 0 Å². The van der Waals surface area contributed by atoms with Crippen molar-refractivity contribution in [3.63, 3.8) is 0 Å². The molecule has 2 rings (SSSR count). The van der Waals surface area contributed by atoms with Gasteiger partial charge in [-0.05, 0) is 18.8 Å². The minimum absolute atomic E-state index is 0.167. The first-order valence-corrected chi connectivity index (χ1v) is 5.79. The standard InChI is InChI=1S/C11H21NO2/c1-8-4-2-3-5-9(8)12-10-6-14-7-11(10)13/h8-13H,2-7H2,1H3. The minimum atomic E-state index is -0.302. The molecule has 3 heteroatoms. The molecule has 1 aliphatic heterocycles. The Morgan fingerprint density at radius 2 is 1.93 bits per heavy atom. The summed E-state index contributed by atoms with van der Waals surface area (Å²) in [5, 5.41) is 13.2. The van der Waals surface area contributed by atoms with Gasteiger partial charge in [0.25, 0.3) is 0 Å². The molecule has 0 bridgehead atoms. The van der Waals surface area contributed by atoms with E-state index in [2.05, 4.69) is 12.2 Å². The largest absolute Gasteiger partial charge is 0.389 e. The monoisotopic (exact) mass is 199 g/mol. The first-order chi connectivity index (χ1) is 6.77. The summed E-state index contributed by atoms with van der Waals surface area (Å²) in [5.74, 6) is 0.747. The lowest BCUT2D eigenvalue weighted by molar-refractivity contribution is 0.118. The zero-order valence-corrected chi connectivity index (χ0v) is 8.91. The predicted octanol–water partition coefficient (Wildman–Crippen LogP) is 0.914. The first kappa shape index (κ1) is 10.4. The smallest absolute Gasteiger partial charge is 0.0948 e. The van der Waals surface area contributed by atoms with Gasteiger partial charge in [0.05, 0.1) is 25.4 Å². The zero-order valence-electron chi connectivity index (χ0n) is 8.91. The van der Waals surface area contributed by atoms with Crippen LogP contribution in [0.4, 0.5) is 0 Å². The van der Waals surface area contributed by atoms with E-state index >= 15 is 0 Å². The molecule has 4 unspecified atom stereocenters. The SMILES string of the molecule is CC1CCCCC1NC1COCC1O. The Labute approximate surface area is 85.8 Å². The Kier molecular flexibility index (Phi) is 3.42. The van der Waals surface area contributed by atoms with Crippen LogP contribution in [-0.2, 0) is 4.74 Å². The van der Waals surface area contributed by atoms with Crippen molar-refractivity contribution in [3.8, 4) is 0 Å². The molecule has 2 N–H and O–H groups in total. The van der Waals surface area contributed by atoms with Gasteiger partial charge in [0.2, 0.25) is 0 Å². The fraction of sp³-hybridized carbons (Fsp3) is 1.00. The van der Waals surface area contributed by atoms with Crippen molar-refractivity contribution in [2.45, 2.75) is 50.8 Å². The zero-order chi connectivity index (χ0) is 9.97. The lowest BCUT2D eigenvalue weighted by atomic mass is 9.85. The van der Waals surface area contributed by atoms with Gasteiger partial charge in [0.1, 0.15) is 0 Å². The molecule has 0 radical (unpaired) electrons. The van der Waals surface area contributed by atoms with Gasteiger partial charge in [0, 0.05) is 6.04 Å². The van der Waals surface area contributed by atoms with Crippen LogP contribution in [0.15, 0.2) is 0 Å². The van der Waals surface area contributed by atoms with E-state index in [0.717, 1.165) is 5.92 Å². The highest BCUT2D eigenvalue weighted by Gasteiger charge is 2.30. The molecule has 1 saturated carbocycles. The predicted molar refractivity (Wildman–Crippen MR) is 55.2 cm³/mol. The molecule has 2 fully saturated rings. The molecule has 2 aliphatic rings. The number of hydrogen-bond donors (Lipinski definition) is 2. The summed E-state index contributed by atoms with van der Waals surface area (Å²) in [6.45, 7) is 3.47. The number of nitrogens with one attached hydrogen (secondary N) is 1. The molecule has 14 heavy (non-hydrogen) atoms. The Morgan fingerprint density at radius 1 is 1.14 bits per heavy atom. The van der Waals surface area contributed by atoms with Gasteiger partial charge in [0.15, 0.2) is 0 Å². The fourth-order valence-electron chi connectivity index (χ4n) is 2.54. The number of aliphatic hydroxyl groups excluding tert-OH is 1. The molecular formula is C11H21NO2. The van der Waals surface area contributed by atoms with Crippen molar-refractivity contribution in [2.75, 3.05) is 13.2 Å². The number of rotatable bonds is 2. The van der Waals surface area contributed by atoms with Crippen molar-refractivity contribution in [3.05, 3.63) is 0 Å². The molecule has 82 valence electrons. The van der Waals surface area contributed by atoms with Crippen LogP contribution >= 0.6 is 0 Å². The topological polar surface area (TPSA) is 41.5 Å². The van der Waals surface area contributed by atoms with Crippen LogP contribution in [-0.4, -0.2) is 36.5 Å². The van der Waals surface area contributed by atoms with Gasteiger partial charge < -0.3 is 15.2 Å². The maximum atomic E-state index is 9.62. The van der Waals surface area contributed by atoms with Gasteiger partial charge in [-0.1, -0.05) is 19.8 Å². The maximum absolute atomic E-state index is 9.62. The van der Waals surface area contributed by atoms with Crippen LogP contribution in [0, 0.1) is 5.92 Å². The Hall–Kier alpha value is -0.120. The molecule has 0 aromatic carbocycles. The Morgan fingerprint density at radius 3 is 2.57 bits per heavy atom. The highest BCUT2D eigenvalue weighted by atomic mass is 16.5. The third-order valence-corrected chi connectivity index (χ3v) is 3.59. The van der Waals surface area contributed by atoms with E-state index in [1.807, 2.05) is 0 Å². The molecule has 0 aromatic rings. The minimum Gasteiger partial charge on any atom is -0.389 e. The third kappa shape index (κ3) is 2.27. The van der Waals surface area contributed by atoms with Crippen LogP contribution < -0.4 is 5.32 Å². The van der Waals surface area contributed by atoms with Crippen molar-refractivity contribution in [1.29, 1.82) is 0 Å². The summed E-state index contributed by atoms with van der Waals surface area (Å²) in [4.78, 5) is 0. The second-order valence-corrected chi connectivity index (χ2v) is 4.75. The van der Waals surface area contributed by atoms with E-state index in [1.54, 1.807) is 0 Å². The summed E-state index contributed by atoms with van der Waals surface area (Å²) in [6.07, 6.45) is 4.96. The van der Waals surface area contributed by atoms with E-state index in [-0.39, 0.29) is 12.1 Å². The van der Waals surface area contributed by atoms with Crippen LogP contribution in [0.3, 0.4) is 0 Å². The van der Waals surface area contributed by atoms with Gasteiger partial charge in [-0.15, -0.1) is 0 Å². The van der Waals surface area contributed by atoms with E-state index in [4.69, 9.17) is 4.74 Å². The fourth-order valence-corrected chi connectivity index (χ4v) is 2.54. The molecular weight excluding hydrogens is 178 g/mol. The van der Waals surface area contributed by atoms with Crippen molar-refractivity contribution < 1.29 is 9.84 Å². The van der Waals surface area contributed by atoms with Gasteiger partial charge >= 0.3 is 0 Å². The van der Waals surface area contributed by atoms with Gasteiger partial charge in [-0.25, -0.2) is 0 Å². The Balaban J connectivity index is 1.83. The molecule has 1 aliphatic carbocycles. The van der Waals surface area contributed by atoms with Crippen molar-refractivity contribution in [1.82, 2.24) is 5.32 Å². The van der Waals surface area contributed by atoms with Crippen LogP contribution in [0.1, 0.15) is 32.6 Å². The number of aliphatic hydroxyl groups is 1. The van der Waals surface area contributed by atoms with Crippen LogP contribution in [0.25, 0.3) is 0 Å². The first-order valence-electron chi connectivity index (χ1n) is 5.79. The third-order valence-electron chi connectivity index (χ3n) is 3.59. The summed E-state index contributed by atoms with van der Waals surface area (Å²) >= 11 is 0. The second kappa shape index (κ2) is 4.60. The molecule has 1 heterocycles. The summed E-state index contributed by atoms with van der Waals surface area (Å²) in [5.41, 5.74) is 0. The Bertz CT molecular complexity index is 186. The molecule has 3 nitrogen and oxygen atoms in total. The van der Waals surface area contributed by atoms with Crippen LogP contribution in [0.5, 0.6) is 0 Å². The second-order valence-electron chi connectivity index (χ2n) is 4.75. The molecule has 4 atom stereocenters. The molecule has 0 amide bonds. The summed E-state index contributed by atoms with van der Waals surface area (Å²) in [6, 6.07) is 0.755.